The number of carbonyl (C=O) groups is 1. The van der Waals surface area contributed by atoms with Crippen LogP contribution in [0.2, 0.25) is 0 Å². The van der Waals surface area contributed by atoms with E-state index >= 15 is 0 Å². The third-order valence-electron chi connectivity index (χ3n) is 4.56. The molecule has 2 N–H and O–H groups in total. The van der Waals surface area contributed by atoms with Gasteiger partial charge in [0.25, 0.3) is 0 Å². The van der Waals surface area contributed by atoms with Crippen LogP contribution in [0.4, 0.5) is 10.5 Å². The van der Waals surface area contributed by atoms with Gasteiger partial charge in [-0.15, -0.1) is 0 Å². The van der Waals surface area contributed by atoms with Gasteiger partial charge in [-0.2, -0.15) is 0 Å². The predicted molar refractivity (Wildman–Crippen MR) is 85.4 cm³/mol. The zero-order valence-corrected chi connectivity index (χ0v) is 12.6. The fourth-order valence-corrected chi connectivity index (χ4v) is 3.45. The summed E-state index contributed by atoms with van der Waals surface area (Å²) in [5.74, 6) is 0. The Morgan fingerprint density at radius 1 is 1.00 bits per heavy atom. The van der Waals surface area contributed by atoms with Crippen molar-refractivity contribution in [3.05, 3.63) is 30.3 Å². The molecule has 1 aromatic carbocycles. The summed E-state index contributed by atoms with van der Waals surface area (Å²) in [5.41, 5.74) is 0.869. The molecule has 1 saturated carbocycles. The maximum Gasteiger partial charge on any atom is 0.321 e. The number of likely N-dealkylation sites (tertiary alicyclic amines) is 1. The normalized spacial score (nSPS) is 23.2. The van der Waals surface area contributed by atoms with Crippen molar-refractivity contribution in [3.63, 3.8) is 0 Å². The lowest BCUT2D eigenvalue weighted by atomic mass is 10.0. The maximum atomic E-state index is 12.3. The highest BCUT2D eigenvalue weighted by Gasteiger charge is 2.26. The van der Waals surface area contributed by atoms with Crippen LogP contribution in [-0.4, -0.2) is 36.1 Å². The number of rotatable bonds is 3. The average molecular weight is 287 g/mol. The monoisotopic (exact) mass is 287 g/mol. The van der Waals surface area contributed by atoms with Crippen molar-refractivity contribution in [1.82, 2.24) is 10.2 Å². The number of hydrogen-bond acceptors (Lipinski definition) is 2. The van der Waals surface area contributed by atoms with Crippen molar-refractivity contribution < 1.29 is 4.79 Å². The molecule has 2 aliphatic rings. The van der Waals surface area contributed by atoms with Gasteiger partial charge in [-0.1, -0.05) is 31.0 Å². The quantitative estimate of drug-likeness (QED) is 0.896. The molecule has 0 radical (unpaired) electrons. The molecule has 4 nitrogen and oxygen atoms in total. The summed E-state index contributed by atoms with van der Waals surface area (Å²) in [6.45, 7) is 1.69. The van der Waals surface area contributed by atoms with Crippen LogP contribution in [-0.2, 0) is 0 Å². The van der Waals surface area contributed by atoms with Gasteiger partial charge in [0.05, 0.1) is 0 Å². The Balaban J connectivity index is 1.51. The van der Waals surface area contributed by atoms with Crippen molar-refractivity contribution >= 4 is 11.7 Å². The van der Waals surface area contributed by atoms with Crippen LogP contribution in [0.1, 0.15) is 38.5 Å². The molecule has 2 amide bonds. The lowest BCUT2D eigenvalue weighted by Gasteiger charge is -2.34. The van der Waals surface area contributed by atoms with Gasteiger partial charge in [0.1, 0.15) is 0 Å². The number of amides is 2. The van der Waals surface area contributed by atoms with Crippen LogP contribution in [0.3, 0.4) is 0 Å². The molecule has 1 aliphatic heterocycles. The van der Waals surface area contributed by atoms with Crippen LogP contribution in [0.15, 0.2) is 30.3 Å². The van der Waals surface area contributed by atoms with Crippen LogP contribution in [0.5, 0.6) is 0 Å². The molecule has 1 saturated heterocycles. The van der Waals surface area contributed by atoms with Gasteiger partial charge in [-0.3, -0.25) is 0 Å². The van der Waals surface area contributed by atoms with Gasteiger partial charge >= 0.3 is 6.03 Å². The topological polar surface area (TPSA) is 44.4 Å². The van der Waals surface area contributed by atoms with E-state index in [4.69, 9.17) is 0 Å². The van der Waals surface area contributed by atoms with Crippen molar-refractivity contribution in [1.29, 1.82) is 0 Å². The Labute approximate surface area is 126 Å². The summed E-state index contributed by atoms with van der Waals surface area (Å²) in [5, 5.41) is 6.73. The second-order valence-corrected chi connectivity index (χ2v) is 6.23. The third-order valence-corrected chi connectivity index (χ3v) is 4.56. The standard InChI is InChI=1S/C17H25N3O/c21-17(19-15-7-2-1-3-8-15)20-12-6-11-16(13-20)18-14-9-4-5-10-14/h1-3,7-8,14,16,18H,4-6,9-13H2,(H,19,21). The molecule has 4 heteroatoms. The molecule has 1 heterocycles. The average Bonchev–Trinajstić information content (AvgIpc) is 3.01. The zero-order valence-electron chi connectivity index (χ0n) is 12.6. The molecule has 0 bridgehead atoms. The van der Waals surface area contributed by atoms with E-state index in [9.17, 15) is 4.79 Å². The minimum atomic E-state index is 0.0270. The van der Waals surface area contributed by atoms with E-state index in [1.54, 1.807) is 0 Å². The Morgan fingerprint density at radius 2 is 1.71 bits per heavy atom. The minimum Gasteiger partial charge on any atom is -0.323 e. The van der Waals surface area contributed by atoms with Gasteiger partial charge in [0.2, 0.25) is 0 Å². The van der Waals surface area contributed by atoms with Gasteiger partial charge in [0.15, 0.2) is 0 Å². The van der Waals surface area contributed by atoms with E-state index in [1.807, 2.05) is 35.2 Å². The molecule has 114 valence electrons. The molecule has 21 heavy (non-hydrogen) atoms. The number of nitrogens with one attached hydrogen (secondary N) is 2. The smallest absolute Gasteiger partial charge is 0.321 e. The van der Waals surface area contributed by atoms with Gasteiger partial charge in [-0.25, -0.2) is 4.79 Å². The SMILES string of the molecule is O=C(Nc1ccccc1)N1CCCC(NC2CCCC2)C1. The summed E-state index contributed by atoms with van der Waals surface area (Å²) in [4.78, 5) is 14.3. The van der Waals surface area contributed by atoms with E-state index in [2.05, 4.69) is 10.6 Å². The first-order valence-corrected chi connectivity index (χ1v) is 8.18. The number of hydrogen-bond donors (Lipinski definition) is 2. The number of piperidine rings is 1. The highest BCUT2D eigenvalue weighted by molar-refractivity contribution is 5.89. The van der Waals surface area contributed by atoms with Crippen LogP contribution < -0.4 is 10.6 Å². The van der Waals surface area contributed by atoms with Gasteiger partial charge in [-0.05, 0) is 37.8 Å². The third kappa shape index (κ3) is 3.97. The molecule has 1 atom stereocenters. The Morgan fingerprint density at radius 3 is 2.48 bits per heavy atom. The molecular weight excluding hydrogens is 262 g/mol. The first kappa shape index (κ1) is 14.4. The fourth-order valence-electron chi connectivity index (χ4n) is 3.45. The highest BCUT2D eigenvalue weighted by Crippen LogP contribution is 2.20. The second-order valence-electron chi connectivity index (χ2n) is 6.23. The summed E-state index contributed by atoms with van der Waals surface area (Å²) in [6.07, 6.45) is 7.57. The lowest BCUT2D eigenvalue weighted by Crippen LogP contribution is -2.51. The summed E-state index contributed by atoms with van der Waals surface area (Å²) >= 11 is 0. The van der Waals surface area contributed by atoms with Crippen molar-refractivity contribution in [3.8, 4) is 0 Å². The predicted octanol–water partition coefficient (Wildman–Crippen LogP) is 3.22. The number of para-hydroxylation sites is 1. The van der Waals surface area contributed by atoms with E-state index < -0.39 is 0 Å². The summed E-state index contributed by atoms with van der Waals surface area (Å²) in [7, 11) is 0. The van der Waals surface area contributed by atoms with Crippen LogP contribution in [0.25, 0.3) is 0 Å². The minimum absolute atomic E-state index is 0.0270. The molecule has 1 aliphatic carbocycles. The van der Waals surface area contributed by atoms with E-state index in [0.717, 1.165) is 25.2 Å². The molecule has 0 aromatic heterocycles. The number of benzene rings is 1. The van der Waals surface area contributed by atoms with Gasteiger partial charge in [0, 0.05) is 30.9 Å². The van der Waals surface area contributed by atoms with Crippen LogP contribution in [0, 0.1) is 0 Å². The number of nitrogens with zero attached hydrogens (tertiary/aromatic N) is 1. The zero-order chi connectivity index (χ0) is 14.5. The first-order chi connectivity index (χ1) is 10.3. The fraction of sp³-hybridized carbons (Fsp3) is 0.588. The second kappa shape index (κ2) is 6.94. The first-order valence-electron chi connectivity index (χ1n) is 8.18. The highest BCUT2D eigenvalue weighted by atomic mass is 16.2. The van der Waals surface area contributed by atoms with E-state index in [1.165, 1.54) is 32.1 Å². The Hall–Kier alpha value is -1.55. The lowest BCUT2D eigenvalue weighted by molar-refractivity contribution is 0.181. The van der Waals surface area contributed by atoms with Crippen molar-refractivity contribution in [2.45, 2.75) is 50.6 Å². The molecular formula is C17H25N3O. The number of carbonyl (C=O) groups excluding carboxylic acids is 1. The van der Waals surface area contributed by atoms with E-state index in [-0.39, 0.29) is 6.03 Å². The molecule has 3 rings (SSSR count). The Bertz CT molecular complexity index is 456. The molecule has 0 spiro atoms. The molecule has 2 fully saturated rings. The van der Waals surface area contributed by atoms with Gasteiger partial charge < -0.3 is 15.5 Å². The summed E-state index contributed by atoms with van der Waals surface area (Å²) < 4.78 is 0. The number of urea groups is 1. The van der Waals surface area contributed by atoms with Crippen molar-refractivity contribution in [2.75, 3.05) is 18.4 Å². The Kier molecular flexibility index (Phi) is 4.76. The van der Waals surface area contributed by atoms with Crippen LogP contribution >= 0.6 is 0 Å². The summed E-state index contributed by atoms with van der Waals surface area (Å²) in [6, 6.07) is 10.9. The molecule has 1 unspecified atom stereocenters. The van der Waals surface area contributed by atoms with Crippen molar-refractivity contribution in [2.24, 2.45) is 0 Å². The number of anilines is 1. The maximum absolute atomic E-state index is 12.3. The van der Waals surface area contributed by atoms with E-state index in [0.29, 0.717) is 12.1 Å². The molecule has 1 aromatic rings. The largest absolute Gasteiger partial charge is 0.323 e.